The van der Waals surface area contributed by atoms with Gasteiger partial charge in [-0.1, -0.05) is 94.4 Å². The summed E-state index contributed by atoms with van der Waals surface area (Å²) in [6, 6.07) is 37.0. The van der Waals surface area contributed by atoms with Gasteiger partial charge < -0.3 is 4.90 Å². The third-order valence-corrected chi connectivity index (χ3v) is 5.83. The van der Waals surface area contributed by atoms with Gasteiger partial charge in [0.2, 0.25) is 0 Å². The molecule has 1 nitrogen and oxygen atoms in total. The minimum atomic E-state index is 0.485. The molecule has 0 aliphatic heterocycles. The molecule has 0 heterocycles. The molecule has 31 heavy (non-hydrogen) atoms. The maximum Gasteiger partial charge on any atom is 0.0462 e. The van der Waals surface area contributed by atoms with Crippen LogP contribution in [0.5, 0.6) is 0 Å². The Hall–Kier alpha value is -3.32. The Morgan fingerprint density at radius 1 is 0.516 bits per heavy atom. The van der Waals surface area contributed by atoms with Crippen LogP contribution < -0.4 is 4.90 Å². The van der Waals surface area contributed by atoms with Crippen molar-refractivity contribution in [2.24, 2.45) is 0 Å². The zero-order valence-electron chi connectivity index (χ0n) is 18.9. The van der Waals surface area contributed by atoms with Crippen LogP contribution >= 0.6 is 0 Å². The van der Waals surface area contributed by atoms with Crippen molar-refractivity contribution in [1.29, 1.82) is 0 Å². The fourth-order valence-electron chi connectivity index (χ4n) is 4.07. The molecule has 0 aromatic heterocycles. The lowest BCUT2D eigenvalue weighted by Gasteiger charge is -2.25. The van der Waals surface area contributed by atoms with E-state index in [0.29, 0.717) is 11.8 Å². The second kappa shape index (κ2) is 9.22. The Balaban J connectivity index is 1.75. The first-order valence-corrected chi connectivity index (χ1v) is 11.2. The van der Waals surface area contributed by atoms with E-state index in [9.17, 15) is 0 Å². The summed E-state index contributed by atoms with van der Waals surface area (Å²) in [6.07, 6.45) is 0. The summed E-state index contributed by atoms with van der Waals surface area (Å²) in [5.74, 6) is 1.03. The Labute approximate surface area is 187 Å². The SMILES string of the molecule is CC(C)c1ccc(-c2ccc(N(c3ccccc3)c3ccccc3)cc2)c(C(C)C)c1. The first kappa shape index (κ1) is 20.9. The number of benzene rings is 4. The van der Waals surface area contributed by atoms with Crippen LogP contribution in [0.3, 0.4) is 0 Å². The van der Waals surface area contributed by atoms with E-state index >= 15 is 0 Å². The molecule has 0 radical (unpaired) electrons. The Morgan fingerprint density at radius 2 is 1.03 bits per heavy atom. The molecule has 0 saturated carbocycles. The normalized spacial score (nSPS) is 11.2. The van der Waals surface area contributed by atoms with E-state index in [2.05, 4.69) is 136 Å². The number of rotatable bonds is 6. The zero-order valence-corrected chi connectivity index (χ0v) is 18.9. The van der Waals surface area contributed by atoms with Gasteiger partial charge in [0.1, 0.15) is 0 Å². The van der Waals surface area contributed by atoms with Crippen LogP contribution in [0.25, 0.3) is 11.1 Å². The van der Waals surface area contributed by atoms with Gasteiger partial charge in [-0.3, -0.25) is 0 Å². The molecule has 0 bridgehead atoms. The molecule has 4 aromatic rings. The van der Waals surface area contributed by atoms with Gasteiger partial charge in [0.25, 0.3) is 0 Å². The number of anilines is 3. The second-order valence-corrected chi connectivity index (χ2v) is 8.71. The van der Waals surface area contributed by atoms with Gasteiger partial charge in [-0.05, 0) is 70.5 Å². The molecule has 0 aliphatic rings. The molecule has 4 aromatic carbocycles. The van der Waals surface area contributed by atoms with Crippen molar-refractivity contribution >= 4 is 17.1 Å². The van der Waals surface area contributed by atoms with E-state index in [1.807, 2.05) is 0 Å². The standard InChI is InChI=1S/C30H31N/c1-22(2)25-17-20-29(30(21-25)23(3)4)24-15-18-28(19-16-24)31(26-11-7-5-8-12-26)27-13-9-6-10-14-27/h5-23H,1-4H3. The number of hydrogen-bond donors (Lipinski definition) is 0. The Morgan fingerprint density at radius 3 is 1.52 bits per heavy atom. The summed E-state index contributed by atoms with van der Waals surface area (Å²) >= 11 is 0. The molecule has 1 heteroatoms. The quantitative estimate of drug-likeness (QED) is 0.309. The first-order chi connectivity index (χ1) is 15.0. The highest BCUT2D eigenvalue weighted by molar-refractivity contribution is 5.78. The maximum atomic E-state index is 2.39. The minimum Gasteiger partial charge on any atom is -0.311 e. The van der Waals surface area contributed by atoms with Crippen molar-refractivity contribution < 1.29 is 0 Å². The number of nitrogens with zero attached hydrogens (tertiary/aromatic N) is 1. The van der Waals surface area contributed by atoms with E-state index in [1.165, 1.54) is 22.3 Å². The van der Waals surface area contributed by atoms with Crippen LogP contribution in [0, 0.1) is 0 Å². The first-order valence-electron chi connectivity index (χ1n) is 11.2. The van der Waals surface area contributed by atoms with Gasteiger partial charge in [-0.2, -0.15) is 0 Å². The minimum absolute atomic E-state index is 0.485. The highest BCUT2D eigenvalue weighted by Gasteiger charge is 2.14. The predicted octanol–water partition coefficient (Wildman–Crippen LogP) is 9.07. The monoisotopic (exact) mass is 405 g/mol. The lowest BCUT2D eigenvalue weighted by atomic mass is 9.88. The zero-order chi connectivity index (χ0) is 21.8. The van der Waals surface area contributed by atoms with Crippen molar-refractivity contribution in [3.05, 3.63) is 114 Å². The van der Waals surface area contributed by atoms with Crippen molar-refractivity contribution in [3.63, 3.8) is 0 Å². The molecule has 0 fully saturated rings. The molecule has 0 spiro atoms. The largest absolute Gasteiger partial charge is 0.311 e. The van der Waals surface area contributed by atoms with Crippen LogP contribution in [0.2, 0.25) is 0 Å². The summed E-state index contributed by atoms with van der Waals surface area (Å²) in [5, 5.41) is 0. The summed E-state index contributed by atoms with van der Waals surface area (Å²) in [6.45, 7) is 9.08. The van der Waals surface area contributed by atoms with Gasteiger partial charge in [0.05, 0.1) is 0 Å². The van der Waals surface area contributed by atoms with Crippen LogP contribution in [-0.2, 0) is 0 Å². The second-order valence-electron chi connectivity index (χ2n) is 8.71. The van der Waals surface area contributed by atoms with Crippen LogP contribution in [-0.4, -0.2) is 0 Å². The summed E-state index contributed by atoms with van der Waals surface area (Å²) in [4.78, 5) is 2.30. The van der Waals surface area contributed by atoms with E-state index < -0.39 is 0 Å². The molecule has 0 amide bonds. The highest BCUT2D eigenvalue weighted by atomic mass is 15.1. The number of para-hydroxylation sites is 2. The average Bonchev–Trinajstić information content (AvgIpc) is 2.81. The Kier molecular flexibility index (Phi) is 6.23. The summed E-state index contributed by atoms with van der Waals surface area (Å²) < 4.78 is 0. The molecule has 0 aliphatic carbocycles. The highest BCUT2D eigenvalue weighted by Crippen LogP contribution is 2.37. The lowest BCUT2D eigenvalue weighted by Crippen LogP contribution is -2.09. The van der Waals surface area contributed by atoms with Gasteiger partial charge >= 0.3 is 0 Å². The van der Waals surface area contributed by atoms with Crippen molar-refractivity contribution in [2.75, 3.05) is 4.90 Å². The van der Waals surface area contributed by atoms with Gasteiger partial charge in [-0.15, -0.1) is 0 Å². The van der Waals surface area contributed by atoms with Crippen molar-refractivity contribution in [2.45, 2.75) is 39.5 Å². The average molecular weight is 406 g/mol. The topological polar surface area (TPSA) is 3.24 Å². The summed E-state index contributed by atoms with van der Waals surface area (Å²) in [5.41, 5.74) is 8.90. The fourth-order valence-corrected chi connectivity index (χ4v) is 4.07. The van der Waals surface area contributed by atoms with E-state index in [0.717, 1.165) is 17.1 Å². The van der Waals surface area contributed by atoms with Crippen molar-refractivity contribution in [3.8, 4) is 11.1 Å². The Bertz CT molecular complexity index is 1070. The van der Waals surface area contributed by atoms with Gasteiger partial charge in [-0.25, -0.2) is 0 Å². The van der Waals surface area contributed by atoms with Crippen molar-refractivity contribution in [1.82, 2.24) is 0 Å². The molecule has 0 saturated heterocycles. The van der Waals surface area contributed by atoms with E-state index in [-0.39, 0.29) is 0 Å². The lowest BCUT2D eigenvalue weighted by molar-refractivity contribution is 0.835. The number of hydrogen-bond acceptors (Lipinski definition) is 1. The van der Waals surface area contributed by atoms with E-state index in [1.54, 1.807) is 0 Å². The van der Waals surface area contributed by atoms with Crippen LogP contribution in [0.4, 0.5) is 17.1 Å². The summed E-state index contributed by atoms with van der Waals surface area (Å²) in [7, 11) is 0. The van der Waals surface area contributed by atoms with Crippen LogP contribution in [0.15, 0.2) is 103 Å². The van der Waals surface area contributed by atoms with Gasteiger partial charge in [0.15, 0.2) is 0 Å². The molecule has 4 rings (SSSR count). The third kappa shape index (κ3) is 4.56. The molecule has 156 valence electrons. The fraction of sp³-hybridized carbons (Fsp3) is 0.200. The van der Waals surface area contributed by atoms with E-state index in [4.69, 9.17) is 0 Å². The molecule has 0 N–H and O–H groups in total. The molecular formula is C30H31N. The third-order valence-electron chi connectivity index (χ3n) is 5.83. The molecule has 0 atom stereocenters. The molecular weight excluding hydrogens is 374 g/mol. The van der Waals surface area contributed by atoms with Gasteiger partial charge in [0, 0.05) is 17.1 Å². The molecule has 0 unspecified atom stereocenters. The predicted molar refractivity (Wildman–Crippen MR) is 135 cm³/mol. The smallest absolute Gasteiger partial charge is 0.0462 e. The maximum absolute atomic E-state index is 2.39. The van der Waals surface area contributed by atoms with Crippen LogP contribution in [0.1, 0.15) is 50.7 Å².